The number of hydrogen-bond donors (Lipinski definition) is 0. The molecule has 5 aromatic rings. The summed E-state index contributed by atoms with van der Waals surface area (Å²) in [4.78, 5) is 51.7. The van der Waals surface area contributed by atoms with Crippen molar-refractivity contribution < 1.29 is 47.6 Å². The van der Waals surface area contributed by atoms with Gasteiger partial charge in [0.2, 0.25) is 0 Å². The minimum Gasteiger partial charge on any atom is -0.494 e. The highest BCUT2D eigenvalue weighted by Gasteiger charge is 2.16. The van der Waals surface area contributed by atoms with Gasteiger partial charge in [0.05, 0.1) is 35.5 Å². The van der Waals surface area contributed by atoms with E-state index in [0.29, 0.717) is 41.4 Å². The lowest BCUT2D eigenvalue weighted by Crippen LogP contribution is -2.11. The van der Waals surface area contributed by atoms with Gasteiger partial charge in [-0.25, -0.2) is 19.2 Å². The quantitative estimate of drug-likeness (QED) is 0.0319. The highest BCUT2D eigenvalue weighted by molar-refractivity contribution is 5.94. The lowest BCUT2D eigenvalue weighted by atomic mass is 10.1. The van der Waals surface area contributed by atoms with Gasteiger partial charge in [-0.3, -0.25) is 0 Å². The maximum atomic E-state index is 13.1. The molecule has 0 fully saturated rings. The molecule has 0 bridgehead atoms. The maximum Gasteiger partial charge on any atom is 0.343 e. The van der Waals surface area contributed by atoms with Crippen LogP contribution in [0.25, 0.3) is 6.08 Å². The van der Waals surface area contributed by atoms with Crippen LogP contribution in [0.1, 0.15) is 138 Å². The van der Waals surface area contributed by atoms with Gasteiger partial charge in [-0.15, -0.1) is 0 Å². The average molecular weight is 841 g/mol. The van der Waals surface area contributed by atoms with Crippen LogP contribution in [0.2, 0.25) is 0 Å². The lowest BCUT2D eigenvalue weighted by molar-refractivity contribution is 0.0723. The molecule has 0 atom stereocenters. The van der Waals surface area contributed by atoms with E-state index in [0.717, 1.165) is 25.7 Å². The first-order valence-corrected chi connectivity index (χ1v) is 21.6. The number of esters is 4. The zero-order chi connectivity index (χ0) is 43.9. The highest BCUT2D eigenvalue weighted by Crippen LogP contribution is 2.27. The Morgan fingerprint density at radius 1 is 0.387 bits per heavy atom. The lowest BCUT2D eigenvalue weighted by Gasteiger charge is -2.10. The minimum atomic E-state index is -0.684. The zero-order valence-electron chi connectivity index (χ0n) is 35.7. The van der Waals surface area contributed by atoms with Gasteiger partial charge in [0.25, 0.3) is 0 Å². The number of rotatable bonds is 25. The Kier molecular flexibility index (Phi) is 18.8. The van der Waals surface area contributed by atoms with Crippen molar-refractivity contribution in [2.75, 3.05) is 13.2 Å². The SMILES string of the molecule is C=Cc1cc(OC(=O)c2ccc(OC(=O)c3ccc(OCCCCCCCC)cc3)cc2)cc(OC(=O)c2ccc(OC(=O)c3ccc(OCCCCCCCC)cc3)cc2)c1. The van der Waals surface area contributed by atoms with Crippen LogP contribution in [0.4, 0.5) is 0 Å². The standard InChI is InChI=1S/C52H56O10/c1-4-7-9-11-13-15-33-57-43-25-17-39(18-26-43)49(53)59-45-29-21-41(22-30-45)51(55)61-47-35-38(6-3)36-48(37-47)62-52(56)42-23-31-46(32-24-42)60-50(54)40-19-27-44(28-20-40)58-34-16-14-12-10-8-5-2/h6,17-32,35-37H,3-5,7-16,33-34H2,1-2H3. The van der Waals surface area contributed by atoms with Crippen molar-refractivity contribution >= 4 is 30.0 Å². The predicted molar refractivity (Wildman–Crippen MR) is 240 cm³/mol. The van der Waals surface area contributed by atoms with Crippen molar-refractivity contribution in [3.05, 3.63) is 150 Å². The minimum absolute atomic E-state index is 0.116. The molecule has 0 aromatic heterocycles. The number of hydrogen-bond acceptors (Lipinski definition) is 10. The normalized spacial score (nSPS) is 10.7. The fourth-order valence-electron chi connectivity index (χ4n) is 6.33. The van der Waals surface area contributed by atoms with Gasteiger partial charge in [0.1, 0.15) is 34.5 Å². The van der Waals surface area contributed by atoms with E-state index >= 15 is 0 Å². The third-order valence-electron chi connectivity index (χ3n) is 9.87. The highest BCUT2D eigenvalue weighted by atomic mass is 16.6. The largest absolute Gasteiger partial charge is 0.494 e. The molecule has 0 aliphatic carbocycles. The summed E-state index contributed by atoms with van der Waals surface area (Å²) in [6.45, 7) is 9.44. The van der Waals surface area contributed by atoms with Crippen LogP contribution in [-0.4, -0.2) is 37.1 Å². The van der Waals surface area contributed by atoms with Crippen LogP contribution in [0, 0.1) is 0 Å². The summed E-state index contributed by atoms with van der Waals surface area (Å²) in [6, 6.07) is 30.0. The molecule has 0 amide bonds. The third kappa shape index (κ3) is 15.4. The predicted octanol–water partition coefficient (Wildman–Crippen LogP) is 12.7. The summed E-state index contributed by atoms with van der Waals surface area (Å²) < 4.78 is 33.8. The van der Waals surface area contributed by atoms with Crippen LogP contribution in [0.15, 0.2) is 122 Å². The van der Waals surface area contributed by atoms with Crippen LogP contribution < -0.4 is 28.4 Å². The smallest absolute Gasteiger partial charge is 0.343 e. The van der Waals surface area contributed by atoms with E-state index in [-0.39, 0.29) is 34.1 Å². The molecule has 324 valence electrons. The molecule has 0 aliphatic rings. The van der Waals surface area contributed by atoms with E-state index in [9.17, 15) is 19.2 Å². The van der Waals surface area contributed by atoms with Gasteiger partial charge in [0, 0.05) is 6.07 Å². The van der Waals surface area contributed by atoms with E-state index in [2.05, 4.69) is 20.4 Å². The molecule has 0 spiro atoms. The molecular weight excluding hydrogens is 785 g/mol. The van der Waals surface area contributed by atoms with Crippen LogP contribution in [0.3, 0.4) is 0 Å². The van der Waals surface area contributed by atoms with Crippen molar-refractivity contribution in [2.45, 2.75) is 90.9 Å². The van der Waals surface area contributed by atoms with Gasteiger partial charge in [0.15, 0.2) is 0 Å². The topological polar surface area (TPSA) is 124 Å². The molecular formula is C52H56O10. The fourth-order valence-corrected chi connectivity index (χ4v) is 6.33. The fraction of sp³-hybridized carbons (Fsp3) is 0.308. The van der Waals surface area contributed by atoms with E-state index in [1.165, 1.54) is 112 Å². The molecule has 0 aliphatic heterocycles. The molecule has 0 radical (unpaired) electrons. The van der Waals surface area contributed by atoms with E-state index < -0.39 is 23.9 Å². The van der Waals surface area contributed by atoms with Crippen molar-refractivity contribution in [2.24, 2.45) is 0 Å². The van der Waals surface area contributed by atoms with E-state index in [1.54, 1.807) is 60.7 Å². The number of carbonyl (C=O) groups excluding carboxylic acids is 4. The van der Waals surface area contributed by atoms with Crippen molar-refractivity contribution in [1.82, 2.24) is 0 Å². The van der Waals surface area contributed by atoms with Gasteiger partial charge in [-0.05, 0) is 128 Å². The Hall–Kier alpha value is -6.68. The summed E-state index contributed by atoms with van der Waals surface area (Å²) in [5, 5.41) is 0. The molecule has 10 heteroatoms. The number of ether oxygens (including phenoxy) is 6. The number of unbranched alkanes of at least 4 members (excludes halogenated alkanes) is 10. The van der Waals surface area contributed by atoms with Crippen LogP contribution in [-0.2, 0) is 0 Å². The zero-order valence-corrected chi connectivity index (χ0v) is 35.7. The van der Waals surface area contributed by atoms with Gasteiger partial charge < -0.3 is 28.4 Å². The Balaban J connectivity index is 1.07. The summed E-state index contributed by atoms with van der Waals surface area (Å²) in [7, 11) is 0. The molecule has 0 heterocycles. The maximum absolute atomic E-state index is 13.1. The Bertz CT molecular complexity index is 2040. The third-order valence-corrected chi connectivity index (χ3v) is 9.87. The number of benzene rings is 5. The number of carbonyl (C=O) groups is 4. The van der Waals surface area contributed by atoms with E-state index in [1.807, 2.05) is 0 Å². The Labute approximate surface area is 364 Å². The molecule has 10 nitrogen and oxygen atoms in total. The first-order chi connectivity index (χ1) is 30.2. The summed E-state index contributed by atoms with van der Waals surface area (Å²) in [6.07, 6.45) is 15.7. The molecule has 62 heavy (non-hydrogen) atoms. The van der Waals surface area contributed by atoms with Crippen LogP contribution >= 0.6 is 0 Å². The van der Waals surface area contributed by atoms with Gasteiger partial charge >= 0.3 is 23.9 Å². The molecule has 0 saturated heterocycles. The van der Waals surface area contributed by atoms with E-state index in [4.69, 9.17) is 28.4 Å². The molecule has 5 rings (SSSR count). The molecule has 0 unspecified atom stereocenters. The monoisotopic (exact) mass is 840 g/mol. The molecule has 5 aromatic carbocycles. The Morgan fingerprint density at radius 3 is 1.00 bits per heavy atom. The average Bonchev–Trinajstić information content (AvgIpc) is 3.29. The van der Waals surface area contributed by atoms with Crippen molar-refractivity contribution in [3.63, 3.8) is 0 Å². The summed E-state index contributed by atoms with van der Waals surface area (Å²) in [5.74, 6) is -0.357. The first kappa shape index (κ1) is 46.4. The van der Waals surface area contributed by atoms with Crippen molar-refractivity contribution in [3.8, 4) is 34.5 Å². The molecule has 0 saturated carbocycles. The second-order valence-electron chi connectivity index (χ2n) is 14.8. The van der Waals surface area contributed by atoms with Crippen LogP contribution in [0.5, 0.6) is 34.5 Å². The summed E-state index contributed by atoms with van der Waals surface area (Å²) in [5.41, 5.74) is 1.66. The first-order valence-electron chi connectivity index (χ1n) is 21.6. The Morgan fingerprint density at radius 2 is 0.677 bits per heavy atom. The van der Waals surface area contributed by atoms with Gasteiger partial charge in [-0.1, -0.05) is 90.7 Å². The van der Waals surface area contributed by atoms with Crippen molar-refractivity contribution in [1.29, 1.82) is 0 Å². The second-order valence-corrected chi connectivity index (χ2v) is 14.8. The van der Waals surface area contributed by atoms with Gasteiger partial charge in [-0.2, -0.15) is 0 Å². The molecule has 0 N–H and O–H groups in total. The summed E-state index contributed by atoms with van der Waals surface area (Å²) >= 11 is 0. The second kappa shape index (κ2) is 25.2.